The van der Waals surface area contributed by atoms with E-state index in [1.807, 2.05) is 0 Å². The van der Waals surface area contributed by atoms with Crippen LogP contribution in [0.5, 0.6) is 0 Å². The SMILES string of the molecule is C[C@@H]1CCCC[C@H]1OCCNC(=O)c1ccc(-c2ccco2)[nH]c1=O. The highest BCUT2D eigenvalue weighted by molar-refractivity contribution is 5.94. The van der Waals surface area contributed by atoms with Crippen LogP contribution in [-0.2, 0) is 4.74 Å². The third kappa shape index (κ3) is 4.39. The van der Waals surface area contributed by atoms with Gasteiger partial charge in [0.05, 0.1) is 24.7 Å². The fourth-order valence-electron chi connectivity index (χ4n) is 3.23. The molecule has 6 heteroatoms. The van der Waals surface area contributed by atoms with Crippen molar-refractivity contribution in [1.29, 1.82) is 0 Å². The van der Waals surface area contributed by atoms with E-state index in [4.69, 9.17) is 9.15 Å². The average molecular weight is 344 g/mol. The maximum atomic E-state index is 12.2. The summed E-state index contributed by atoms with van der Waals surface area (Å²) in [6.07, 6.45) is 6.58. The zero-order valence-electron chi connectivity index (χ0n) is 14.4. The molecule has 2 aromatic rings. The first kappa shape index (κ1) is 17.5. The minimum Gasteiger partial charge on any atom is -0.463 e. The second-order valence-electron chi connectivity index (χ2n) is 6.52. The van der Waals surface area contributed by atoms with Gasteiger partial charge in [0.25, 0.3) is 11.5 Å². The van der Waals surface area contributed by atoms with Crippen molar-refractivity contribution in [3.05, 3.63) is 46.4 Å². The maximum absolute atomic E-state index is 12.2. The van der Waals surface area contributed by atoms with E-state index in [9.17, 15) is 9.59 Å². The summed E-state index contributed by atoms with van der Waals surface area (Å²) < 4.78 is 11.1. The number of ether oxygens (including phenoxy) is 1. The number of aromatic nitrogens is 1. The molecule has 1 saturated carbocycles. The van der Waals surface area contributed by atoms with Gasteiger partial charge in [-0.2, -0.15) is 0 Å². The summed E-state index contributed by atoms with van der Waals surface area (Å²) in [7, 11) is 0. The smallest absolute Gasteiger partial charge is 0.261 e. The Labute approximate surface area is 146 Å². The molecule has 2 aromatic heterocycles. The molecule has 1 amide bonds. The van der Waals surface area contributed by atoms with E-state index in [2.05, 4.69) is 17.2 Å². The predicted octanol–water partition coefficient (Wildman–Crippen LogP) is 2.96. The molecule has 134 valence electrons. The molecule has 0 saturated heterocycles. The number of carbonyl (C=O) groups excluding carboxylic acids is 1. The van der Waals surface area contributed by atoms with Gasteiger partial charge in [-0.1, -0.05) is 19.8 Å². The molecular weight excluding hydrogens is 320 g/mol. The molecule has 2 atom stereocenters. The zero-order valence-corrected chi connectivity index (χ0v) is 14.4. The quantitative estimate of drug-likeness (QED) is 0.789. The van der Waals surface area contributed by atoms with E-state index in [1.54, 1.807) is 18.2 Å². The number of hydrogen-bond acceptors (Lipinski definition) is 4. The number of pyridine rings is 1. The number of furan rings is 1. The lowest BCUT2D eigenvalue weighted by atomic mass is 9.88. The van der Waals surface area contributed by atoms with Crippen LogP contribution in [0.3, 0.4) is 0 Å². The minimum atomic E-state index is -0.437. The number of carbonyl (C=O) groups is 1. The van der Waals surface area contributed by atoms with Crippen molar-refractivity contribution < 1.29 is 13.9 Å². The third-order valence-corrected chi connectivity index (χ3v) is 4.69. The highest BCUT2D eigenvalue weighted by Gasteiger charge is 2.21. The van der Waals surface area contributed by atoms with Crippen LogP contribution in [0.25, 0.3) is 11.5 Å². The predicted molar refractivity (Wildman–Crippen MR) is 94.5 cm³/mol. The molecule has 1 fully saturated rings. The lowest BCUT2D eigenvalue weighted by Crippen LogP contribution is -2.34. The van der Waals surface area contributed by atoms with E-state index in [0.717, 1.165) is 6.42 Å². The van der Waals surface area contributed by atoms with Gasteiger partial charge in [-0.15, -0.1) is 0 Å². The summed E-state index contributed by atoms with van der Waals surface area (Å²) in [5.41, 5.74) is 0.190. The van der Waals surface area contributed by atoms with E-state index in [1.165, 1.54) is 31.6 Å². The van der Waals surface area contributed by atoms with Crippen molar-refractivity contribution in [1.82, 2.24) is 10.3 Å². The van der Waals surface area contributed by atoms with Crippen LogP contribution < -0.4 is 10.9 Å². The number of H-pyrrole nitrogens is 1. The number of aromatic amines is 1. The van der Waals surface area contributed by atoms with Crippen LogP contribution in [0.2, 0.25) is 0 Å². The number of amides is 1. The van der Waals surface area contributed by atoms with Crippen LogP contribution >= 0.6 is 0 Å². The topological polar surface area (TPSA) is 84.3 Å². The Morgan fingerprint density at radius 3 is 2.88 bits per heavy atom. The molecule has 0 aliphatic heterocycles. The Hall–Kier alpha value is -2.34. The van der Waals surface area contributed by atoms with Gasteiger partial charge >= 0.3 is 0 Å². The van der Waals surface area contributed by atoms with Crippen LogP contribution in [0.1, 0.15) is 43.0 Å². The summed E-state index contributed by atoms with van der Waals surface area (Å²) in [6.45, 7) is 3.06. The first-order valence-electron chi connectivity index (χ1n) is 8.82. The van der Waals surface area contributed by atoms with Gasteiger partial charge in [0.15, 0.2) is 0 Å². The molecule has 0 bridgehead atoms. The van der Waals surface area contributed by atoms with Crippen LogP contribution in [0, 0.1) is 5.92 Å². The van der Waals surface area contributed by atoms with Crippen molar-refractivity contribution in [2.45, 2.75) is 38.7 Å². The highest BCUT2D eigenvalue weighted by Crippen LogP contribution is 2.26. The second-order valence-corrected chi connectivity index (χ2v) is 6.52. The van der Waals surface area contributed by atoms with E-state index in [0.29, 0.717) is 30.5 Å². The van der Waals surface area contributed by atoms with E-state index < -0.39 is 11.5 Å². The highest BCUT2D eigenvalue weighted by atomic mass is 16.5. The summed E-state index contributed by atoms with van der Waals surface area (Å²) >= 11 is 0. The van der Waals surface area contributed by atoms with Crippen LogP contribution in [0.4, 0.5) is 0 Å². The Bertz CT molecular complexity index is 751. The maximum Gasteiger partial charge on any atom is 0.261 e. The molecule has 1 aliphatic rings. The van der Waals surface area contributed by atoms with Gasteiger partial charge < -0.3 is 19.5 Å². The minimum absolute atomic E-state index is 0.0846. The van der Waals surface area contributed by atoms with Gasteiger partial charge in [0.1, 0.15) is 11.3 Å². The van der Waals surface area contributed by atoms with Gasteiger partial charge in [-0.05, 0) is 43.0 Å². The monoisotopic (exact) mass is 344 g/mol. The largest absolute Gasteiger partial charge is 0.463 e. The normalized spacial score (nSPS) is 20.4. The number of nitrogens with one attached hydrogen (secondary N) is 2. The lowest BCUT2D eigenvalue weighted by molar-refractivity contribution is -0.00294. The van der Waals surface area contributed by atoms with Gasteiger partial charge in [0, 0.05) is 6.54 Å². The van der Waals surface area contributed by atoms with Crippen molar-refractivity contribution in [2.24, 2.45) is 5.92 Å². The Kier molecular flexibility index (Phi) is 5.71. The molecular formula is C19H24N2O4. The summed E-state index contributed by atoms with van der Waals surface area (Å²) in [5, 5.41) is 2.74. The summed E-state index contributed by atoms with van der Waals surface area (Å²) in [6, 6.07) is 6.65. The van der Waals surface area contributed by atoms with E-state index >= 15 is 0 Å². The van der Waals surface area contributed by atoms with Crippen molar-refractivity contribution in [3.8, 4) is 11.5 Å². The van der Waals surface area contributed by atoms with Crippen molar-refractivity contribution in [2.75, 3.05) is 13.2 Å². The number of rotatable bonds is 6. The first-order valence-corrected chi connectivity index (χ1v) is 8.82. The summed E-state index contributed by atoms with van der Waals surface area (Å²) in [4.78, 5) is 26.9. The molecule has 2 heterocycles. The van der Waals surface area contributed by atoms with Crippen LogP contribution in [0.15, 0.2) is 39.7 Å². The fourth-order valence-corrected chi connectivity index (χ4v) is 3.23. The number of hydrogen-bond donors (Lipinski definition) is 2. The summed E-state index contributed by atoms with van der Waals surface area (Å²) in [5.74, 6) is 0.730. The Balaban J connectivity index is 1.50. The average Bonchev–Trinajstić information content (AvgIpc) is 3.14. The second kappa shape index (κ2) is 8.16. The molecule has 2 N–H and O–H groups in total. The van der Waals surface area contributed by atoms with Gasteiger partial charge in [-0.25, -0.2) is 0 Å². The molecule has 0 radical (unpaired) electrons. The van der Waals surface area contributed by atoms with Crippen molar-refractivity contribution >= 4 is 5.91 Å². The Morgan fingerprint density at radius 1 is 1.32 bits per heavy atom. The van der Waals surface area contributed by atoms with Gasteiger partial charge in [-0.3, -0.25) is 9.59 Å². The van der Waals surface area contributed by atoms with E-state index in [-0.39, 0.29) is 11.7 Å². The zero-order chi connectivity index (χ0) is 17.6. The third-order valence-electron chi connectivity index (χ3n) is 4.69. The Morgan fingerprint density at radius 2 is 2.16 bits per heavy atom. The lowest BCUT2D eigenvalue weighted by Gasteiger charge is -2.28. The molecule has 6 nitrogen and oxygen atoms in total. The van der Waals surface area contributed by atoms with Gasteiger partial charge in [0.2, 0.25) is 0 Å². The molecule has 3 rings (SSSR count). The molecule has 1 aliphatic carbocycles. The molecule has 25 heavy (non-hydrogen) atoms. The van der Waals surface area contributed by atoms with Crippen molar-refractivity contribution in [3.63, 3.8) is 0 Å². The van der Waals surface area contributed by atoms with Crippen LogP contribution in [-0.4, -0.2) is 30.1 Å². The first-order chi connectivity index (χ1) is 12.1. The standard InChI is InChI=1S/C19H24N2O4/c1-13-5-2-3-6-16(13)25-12-10-20-18(22)14-8-9-15(21-19(14)23)17-7-4-11-24-17/h4,7-9,11,13,16H,2-3,5-6,10,12H2,1H3,(H,20,22)(H,21,23)/t13-,16-/m1/s1. The molecule has 0 unspecified atom stereocenters. The molecule has 0 spiro atoms. The fraction of sp³-hybridized carbons (Fsp3) is 0.474. The molecule has 0 aromatic carbocycles.